The van der Waals surface area contributed by atoms with Crippen LogP contribution < -0.4 is 15.6 Å². The number of hydrogen-bond acceptors (Lipinski definition) is 3. The van der Waals surface area contributed by atoms with E-state index in [9.17, 15) is 9.59 Å². The number of rotatable bonds is 8. The average molecular weight is 340 g/mol. The van der Waals surface area contributed by atoms with Crippen molar-refractivity contribution in [1.29, 1.82) is 0 Å². The van der Waals surface area contributed by atoms with Gasteiger partial charge in [0.15, 0.2) is 0 Å². The Balaban J connectivity index is 1.77. The zero-order valence-corrected chi connectivity index (χ0v) is 14.5. The Morgan fingerprint density at radius 3 is 2.00 bits per heavy atom. The van der Waals surface area contributed by atoms with Crippen LogP contribution in [0.1, 0.15) is 53.3 Å². The van der Waals surface area contributed by atoms with Gasteiger partial charge in [0, 0.05) is 11.1 Å². The maximum Gasteiger partial charge on any atom is 0.269 e. The minimum absolute atomic E-state index is 0.360. The van der Waals surface area contributed by atoms with Crippen molar-refractivity contribution in [3.8, 4) is 5.75 Å². The highest BCUT2D eigenvalue weighted by molar-refractivity contribution is 5.99. The standard InChI is InChI=1S/C20H24N2O3/c1-2-3-4-8-15-25-18-13-11-17(12-14-18)20(24)22-21-19(23)16-9-6-5-7-10-16/h5-7,9-14H,2-4,8,15H2,1H3,(H,21,23)(H,22,24). The average Bonchev–Trinajstić information content (AvgIpc) is 2.67. The monoisotopic (exact) mass is 340 g/mol. The number of hydrogen-bond donors (Lipinski definition) is 2. The van der Waals surface area contributed by atoms with Crippen LogP contribution in [0.25, 0.3) is 0 Å². The summed E-state index contributed by atoms with van der Waals surface area (Å²) in [4.78, 5) is 23.9. The van der Waals surface area contributed by atoms with Crippen LogP contribution in [0.5, 0.6) is 5.75 Å². The third-order valence-corrected chi connectivity index (χ3v) is 3.71. The van der Waals surface area contributed by atoms with Crippen molar-refractivity contribution in [2.75, 3.05) is 6.61 Å². The van der Waals surface area contributed by atoms with E-state index in [1.807, 2.05) is 6.07 Å². The molecule has 25 heavy (non-hydrogen) atoms. The molecule has 132 valence electrons. The van der Waals surface area contributed by atoms with Gasteiger partial charge in [-0.3, -0.25) is 20.4 Å². The lowest BCUT2D eigenvalue weighted by molar-refractivity contribution is 0.0846. The molecule has 0 aliphatic rings. The Bertz CT molecular complexity index is 669. The topological polar surface area (TPSA) is 67.4 Å². The lowest BCUT2D eigenvalue weighted by atomic mass is 10.2. The summed E-state index contributed by atoms with van der Waals surface area (Å²) in [6, 6.07) is 15.6. The molecule has 0 bridgehead atoms. The highest BCUT2D eigenvalue weighted by Crippen LogP contribution is 2.13. The van der Waals surface area contributed by atoms with Crippen molar-refractivity contribution in [3.05, 3.63) is 65.7 Å². The van der Waals surface area contributed by atoms with Crippen LogP contribution >= 0.6 is 0 Å². The molecule has 0 atom stereocenters. The molecule has 5 heteroatoms. The van der Waals surface area contributed by atoms with Crippen LogP contribution in [0.4, 0.5) is 0 Å². The summed E-state index contributed by atoms with van der Waals surface area (Å²) >= 11 is 0. The van der Waals surface area contributed by atoms with E-state index in [2.05, 4.69) is 17.8 Å². The number of nitrogens with one attached hydrogen (secondary N) is 2. The number of hydrazine groups is 1. The molecule has 5 nitrogen and oxygen atoms in total. The molecule has 0 aromatic heterocycles. The fourth-order valence-corrected chi connectivity index (χ4v) is 2.27. The maximum atomic E-state index is 12.1. The molecule has 0 aliphatic heterocycles. The van der Waals surface area contributed by atoms with Crippen LogP contribution in [-0.4, -0.2) is 18.4 Å². The summed E-state index contributed by atoms with van der Waals surface area (Å²) in [5.41, 5.74) is 5.73. The molecule has 0 heterocycles. The number of benzene rings is 2. The minimum atomic E-state index is -0.376. The fourth-order valence-electron chi connectivity index (χ4n) is 2.27. The SMILES string of the molecule is CCCCCCOc1ccc(C(=O)NNC(=O)c2ccccc2)cc1. The normalized spacial score (nSPS) is 10.1. The quantitative estimate of drug-likeness (QED) is 0.568. The van der Waals surface area contributed by atoms with Gasteiger partial charge in [-0.15, -0.1) is 0 Å². The molecular formula is C20H24N2O3. The van der Waals surface area contributed by atoms with Gasteiger partial charge in [0.1, 0.15) is 5.75 Å². The zero-order valence-electron chi connectivity index (χ0n) is 14.5. The first-order valence-corrected chi connectivity index (χ1v) is 8.59. The Labute approximate surface area is 148 Å². The van der Waals surface area contributed by atoms with Crippen molar-refractivity contribution in [3.63, 3.8) is 0 Å². The van der Waals surface area contributed by atoms with Gasteiger partial charge < -0.3 is 4.74 Å². The predicted molar refractivity (Wildman–Crippen MR) is 97.5 cm³/mol. The summed E-state index contributed by atoms with van der Waals surface area (Å²) in [6.07, 6.45) is 4.61. The van der Waals surface area contributed by atoms with E-state index in [1.54, 1.807) is 48.5 Å². The second-order valence-electron chi connectivity index (χ2n) is 5.71. The molecule has 0 radical (unpaired) electrons. The first-order chi connectivity index (χ1) is 12.2. The van der Waals surface area contributed by atoms with Crippen molar-refractivity contribution >= 4 is 11.8 Å². The van der Waals surface area contributed by atoms with Crippen LogP contribution in [-0.2, 0) is 0 Å². The maximum absolute atomic E-state index is 12.1. The lowest BCUT2D eigenvalue weighted by Gasteiger charge is -2.09. The Morgan fingerprint density at radius 2 is 1.40 bits per heavy atom. The van der Waals surface area contributed by atoms with Crippen LogP contribution in [0.3, 0.4) is 0 Å². The Hall–Kier alpha value is -2.82. The van der Waals surface area contributed by atoms with Gasteiger partial charge in [-0.2, -0.15) is 0 Å². The summed E-state index contributed by atoms with van der Waals surface area (Å²) in [5, 5.41) is 0. The molecule has 0 fully saturated rings. The number of ether oxygens (including phenoxy) is 1. The molecule has 2 amide bonds. The van der Waals surface area contributed by atoms with E-state index in [-0.39, 0.29) is 11.8 Å². The van der Waals surface area contributed by atoms with E-state index in [0.717, 1.165) is 18.6 Å². The van der Waals surface area contributed by atoms with Crippen LogP contribution in [0.15, 0.2) is 54.6 Å². The van der Waals surface area contributed by atoms with Gasteiger partial charge >= 0.3 is 0 Å². The Kier molecular flexibility index (Phi) is 7.50. The highest BCUT2D eigenvalue weighted by atomic mass is 16.5. The van der Waals surface area contributed by atoms with Crippen LogP contribution in [0, 0.1) is 0 Å². The van der Waals surface area contributed by atoms with Crippen molar-refractivity contribution in [2.45, 2.75) is 32.6 Å². The van der Waals surface area contributed by atoms with Crippen molar-refractivity contribution in [2.24, 2.45) is 0 Å². The molecule has 0 unspecified atom stereocenters. The smallest absolute Gasteiger partial charge is 0.269 e. The fraction of sp³-hybridized carbons (Fsp3) is 0.300. The van der Waals surface area contributed by atoms with E-state index in [0.29, 0.717) is 17.7 Å². The van der Waals surface area contributed by atoms with Crippen LogP contribution in [0.2, 0.25) is 0 Å². The molecule has 2 aromatic carbocycles. The zero-order chi connectivity index (χ0) is 17.9. The summed E-state index contributed by atoms with van der Waals surface area (Å²) in [7, 11) is 0. The number of carbonyl (C=O) groups is 2. The molecule has 0 saturated heterocycles. The van der Waals surface area contributed by atoms with Gasteiger partial charge in [0.2, 0.25) is 0 Å². The molecule has 2 aromatic rings. The predicted octanol–water partition coefficient (Wildman–Crippen LogP) is 3.72. The van der Waals surface area contributed by atoms with E-state index >= 15 is 0 Å². The number of carbonyl (C=O) groups excluding carboxylic acids is 2. The summed E-state index contributed by atoms with van der Waals surface area (Å²) in [5.74, 6) is 0.00105. The summed E-state index contributed by atoms with van der Waals surface area (Å²) < 4.78 is 5.64. The third kappa shape index (κ3) is 6.30. The second-order valence-corrected chi connectivity index (χ2v) is 5.71. The van der Waals surface area contributed by atoms with Crippen molar-refractivity contribution < 1.29 is 14.3 Å². The van der Waals surface area contributed by atoms with Gasteiger partial charge in [-0.05, 0) is 42.8 Å². The molecule has 2 rings (SSSR count). The lowest BCUT2D eigenvalue weighted by Crippen LogP contribution is -2.41. The Morgan fingerprint density at radius 1 is 0.800 bits per heavy atom. The number of amides is 2. The van der Waals surface area contributed by atoms with Gasteiger partial charge in [0.25, 0.3) is 11.8 Å². The van der Waals surface area contributed by atoms with E-state index in [1.165, 1.54) is 12.8 Å². The largest absolute Gasteiger partial charge is 0.494 e. The first kappa shape index (κ1) is 18.5. The van der Waals surface area contributed by atoms with Gasteiger partial charge in [-0.25, -0.2) is 0 Å². The van der Waals surface area contributed by atoms with Crippen molar-refractivity contribution in [1.82, 2.24) is 10.9 Å². The number of unbranched alkanes of at least 4 members (excludes halogenated alkanes) is 3. The second kappa shape index (κ2) is 10.1. The molecule has 0 spiro atoms. The molecule has 2 N–H and O–H groups in total. The van der Waals surface area contributed by atoms with E-state index < -0.39 is 0 Å². The van der Waals surface area contributed by atoms with Gasteiger partial charge in [-0.1, -0.05) is 44.4 Å². The van der Waals surface area contributed by atoms with E-state index in [4.69, 9.17) is 4.74 Å². The summed E-state index contributed by atoms with van der Waals surface area (Å²) in [6.45, 7) is 2.85. The molecule has 0 aliphatic carbocycles. The minimum Gasteiger partial charge on any atom is -0.494 e. The van der Waals surface area contributed by atoms with Gasteiger partial charge in [0.05, 0.1) is 6.61 Å². The third-order valence-electron chi connectivity index (χ3n) is 3.71. The first-order valence-electron chi connectivity index (χ1n) is 8.59. The molecule has 0 saturated carbocycles. The highest BCUT2D eigenvalue weighted by Gasteiger charge is 2.08. The molecular weight excluding hydrogens is 316 g/mol.